The van der Waals surface area contributed by atoms with Crippen LogP contribution in [0.15, 0.2) is 63.5 Å². The number of oxime groups is 1. The van der Waals surface area contributed by atoms with Crippen LogP contribution >= 0.6 is 23.1 Å². The molecule has 5 rings (SSSR count). The van der Waals surface area contributed by atoms with E-state index < -0.39 is 51.7 Å². The van der Waals surface area contributed by atoms with Gasteiger partial charge in [0.1, 0.15) is 29.8 Å². The number of aromatic hydroxyl groups is 1. The van der Waals surface area contributed by atoms with Crippen LogP contribution in [-0.4, -0.2) is 93.6 Å². The van der Waals surface area contributed by atoms with Crippen molar-refractivity contribution < 1.29 is 48.7 Å². The Morgan fingerprint density at radius 1 is 1.24 bits per heavy atom. The second-order valence-electron chi connectivity index (χ2n) is 12.6. The van der Waals surface area contributed by atoms with E-state index in [4.69, 9.17) is 16.3 Å². The molecule has 1 fully saturated rings. The molecule has 2 aliphatic heterocycles. The highest BCUT2D eigenvalue weighted by Gasteiger charge is 2.54. The van der Waals surface area contributed by atoms with Gasteiger partial charge in [0, 0.05) is 42.8 Å². The van der Waals surface area contributed by atoms with Crippen LogP contribution in [0.1, 0.15) is 49.3 Å². The third-order valence-corrected chi connectivity index (χ3v) is 10.3. The molecule has 54 heavy (non-hydrogen) atoms. The molecule has 19 nitrogen and oxygen atoms in total. The van der Waals surface area contributed by atoms with Crippen LogP contribution in [0, 0.1) is 5.92 Å². The van der Waals surface area contributed by atoms with Gasteiger partial charge in [-0.25, -0.2) is 19.1 Å². The van der Waals surface area contributed by atoms with E-state index in [1.165, 1.54) is 37.3 Å². The predicted molar refractivity (Wildman–Crippen MR) is 195 cm³/mol. The van der Waals surface area contributed by atoms with Crippen molar-refractivity contribution in [3.63, 3.8) is 0 Å². The molecule has 9 N–H and O–H groups in total. The number of aliphatic carboxylic acids is 2. The van der Waals surface area contributed by atoms with Crippen molar-refractivity contribution in [2.24, 2.45) is 11.1 Å². The molecular weight excluding hydrogens is 747 g/mol. The smallest absolute Gasteiger partial charge is 0.352 e. The molecule has 284 valence electrons. The number of carboxylic acid groups (broad SMARTS) is 2. The topological polar surface area (TPSA) is 297 Å². The maximum atomic E-state index is 13.4. The number of Topliss-reactive ketones (excluding diaryl/α,β-unsaturated/α-hetero) is 2. The number of nitrogens with two attached hydrogens (primary N) is 2. The summed E-state index contributed by atoms with van der Waals surface area (Å²) < 4.78 is 1.69. The molecule has 3 aromatic rings. The van der Waals surface area contributed by atoms with Crippen LogP contribution in [0.25, 0.3) is 0 Å². The predicted octanol–water partition coefficient (Wildman–Crippen LogP) is 1.13. The van der Waals surface area contributed by atoms with Crippen LogP contribution in [0.2, 0.25) is 0 Å². The number of aromatic nitrogens is 4. The van der Waals surface area contributed by atoms with Gasteiger partial charge in [0.05, 0.1) is 17.0 Å². The molecule has 2 atom stereocenters. The number of anilines is 3. The average Bonchev–Trinajstić information content (AvgIpc) is 3.56. The number of nitrogen functional groups attached to an aromatic ring is 2. The van der Waals surface area contributed by atoms with E-state index in [9.17, 15) is 44.1 Å². The first-order valence-electron chi connectivity index (χ1n) is 16.2. The molecule has 0 spiro atoms. The standard InChI is InChI=1S/C33H35N9O10S2/c1-33(2,31(50)51)52-40-25(20-14-54-32(35)39-20)23(45)9-17-28(47)42-26(30(48)49)16(13-53-29(17)42)5-4-8-41-12-19(27(34)38-15-41)36-7-3-6-21(43)18-10-22(44)24(46)11-37-18/h4-5,10-12,14-15,17,29,34,36H,3,6-9,13H2,1-2H3,(H6,35,37,39,40,43,44,45,46,48,49,50,51)/p+1/b5-4+/t17-,29?/m1/s1. The number of fused-ring (bicyclic) bond motifs is 1. The molecule has 0 saturated carbocycles. The van der Waals surface area contributed by atoms with E-state index in [2.05, 4.69) is 25.4 Å². The van der Waals surface area contributed by atoms with Crippen molar-refractivity contribution >= 4 is 74.9 Å². The van der Waals surface area contributed by atoms with Gasteiger partial charge < -0.3 is 41.9 Å². The number of nitrogens with zero attached hydrogens (tertiary/aromatic N) is 5. The Morgan fingerprint density at radius 2 is 2.00 bits per heavy atom. The summed E-state index contributed by atoms with van der Waals surface area (Å²) >= 11 is 2.32. The van der Waals surface area contributed by atoms with Crippen LogP contribution in [-0.2, 0) is 30.6 Å². The minimum atomic E-state index is -1.77. The van der Waals surface area contributed by atoms with Gasteiger partial charge in [0.15, 0.2) is 28.2 Å². The summed E-state index contributed by atoms with van der Waals surface area (Å²) in [6.07, 6.45) is 7.71. The molecule has 0 bridgehead atoms. The lowest BCUT2D eigenvalue weighted by Crippen LogP contribution is -2.62. The zero-order chi connectivity index (χ0) is 39.3. The number of carboxylic acids is 2. The largest absolute Gasteiger partial charge is 0.503 e. The number of thiazole rings is 1. The molecule has 21 heteroatoms. The number of carbonyl (C=O) groups is 5. The Kier molecular flexibility index (Phi) is 11.8. The monoisotopic (exact) mass is 782 g/mol. The number of aromatic amines is 1. The van der Waals surface area contributed by atoms with Crippen molar-refractivity contribution in [2.75, 3.05) is 29.1 Å². The lowest BCUT2D eigenvalue weighted by atomic mass is 9.89. The SMILES string of the molecule is CC(C)(O/N=C(\C(=O)C[C@@H]1C(=O)N2C(C(=O)O)=C(/C=C/C[n+]3cnc(N)c(NCCCC(=O)c4cc(=O)c(O)c[nH]4)c3)CSC12)c1csc(N)n1)C(=O)O. The number of hydrogen-bond donors (Lipinski definition) is 7. The molecule has 0 radical (unpaired) electrons. The normalized spacial score (nSPS) is 17.3. The van der Waals surface area contributed by atoms with Gasteiger partial charge in [-0.05, 0) is 36.9 Å². The molecule has 1 amide bonds. The van der Waals surface area contributed by atoms with Gasteiger partial charge in [0.2, 0.25) is 16.9 Å². The quantitative estimate of drug-likeness (QED) is 0.0252. The number of thioether (sulfide) groups is 1. The minimum absolute atomic E-state index is 0.0530. The Bertz CT molecular complexity index is 2160. The van der Waals surface area contributed by atoms with Crippen molar-refractivity contribution in [3.8, 4) is 5.75 Å². The molecular formula is C33H36N9O10S2+. The first kappa shape index (κ1) is 39.1. The summed E-state index contributed by atoms with van der Waals surface area (Å²) in [6.45, 7) is 3.11. The van der Waals surface area contributed by atoms with E-state index in [-0.39, 0.29) is 64.7 Å². The van der Waals surface area contributed by atoms with Crippen LogP contribution < -0.4 is 26.8 Å². The lowest BCUT2D eigenvalue weighted by Gasteiger charge is -2.49. The van der Waals surface area contributed by atoms with Crippen LogP contribution in [0.4, 0.5) is 16.6 Å². The van der Waals surface area contributed by atoms with Gasteiger partial charge in [-0.15, -0.1) is 23.1 Å². The van der Waals surface area contributed by atoms with Crippen molar-refractivity contribution in [3.05, 3.63) is 75.2 Å². The number of carbonyl (C=O) groups excluding carboxylic acids is 3. The summed E-state index contributed by atoms with van der Waals surface area (Å²) in [6, 6.07) is 1.04. The van der Waals surface area contributed by atoms with E-state index in [0.29, 0.717) is 24.2 Å². The van der Waals surface area contributed by atoms with Gasteiger partial charge in [0.25, 0.3) is 12.1 Å². The Balaban J connectivity index is 1.21. The summed E-state index contributed by atoms with van der Waals surface area (Å²) in [7, 11) is 0. The summed E-state index contributed by atoms with van der Waals surface area (Å²) in [4.78, 5) is 91.8. The number of rotatable bonds is 17. The van der Waals surface area contributed by atoms with Gasteiger partial charge in [-0.1, -0.05) is 11.2 Å². The Labute approximate surface area is 314 Å². The van der Waals surface area contributed by atoms with E-state index >= 15 is 0 Å². The second kappa shape index (κ2) is 16.3. The van der Waals surface area contributed by atoms with Crippen LogP contribution in [0.3, 0.4) is 0 Å². The minimum Gasteiger partial charge on any atom is -0.503 e. The highest BCUT2D eigenvalue weighted by Crippen LogP contribution is 2.45. The number of pyridine rings is 1. The number of H-pyrrole nitrogens is 1. The number of hydrogen-bond acceptors (Lipinski definition) is 16. The molecule has 2 aliphatic rings. The lowest BCUT2D eigenvalue weighted by molar-refractivity contribution is -0.689. The number of nitrogens with one attached hydrogen (secondary N) is 2. The van der Waals surface area contributed by atoms with Gasteiger partial charge in [-0.3, -0.25) is 24.1 Å². The first-order valence-corrected chi connectivity index (χ1v) is 18.1. The van der Waals surface area contributed by atoms with Crippen molar-refractivity contribution in [1.82, 2.24) is 19.9 Å². The third-order valence-electron chi connectivity index (χ3n) is 8.26. The zero-order valence-corrected chi connectivity index (χ0v) is 30.5. The maximum Gasteiger partial charge on any atom is 0.352 e. The zero-order valence-electron chi connectivity index (χ0n) is 28.8. The maximum absolute atomic E-state index is 13.4. The molecule has 5 heterocycles. The fourth-order valence-electron chi connectivity index (χ4n) is 5.29. The summed E-state index contributed by atoms with van der Waals surface area (Å²) in [5, 5.41) is 36.7. The molecule has 1 saturated heterocycles. The second-order valence-corrected chi connectivity index (χ2v) is 14.6. The summed E-state index contributed by atoms with van der Waals surface area (Å²) in [5.41, 5.74) is 9.83. The van der Waals surface area contributed by atoms with Gasteiger partial charge in [-0.2, -0.15) is 0 Å². The number of allylic oxidation sites excluding steroid dienone is 2. The molecule has 0 aliphatic carbocycles. The Hall–Kier alpha value is -6.09. The van der Waals surface area contributed by atoms with Gasteiger partial charge >= 0.3 is 11.9 Å². The third kappa shape index (κ3) is 8.74. The van der Waals surface area contributed by atoms with E-state index in [0.717, 1.165) is 28.5 Å². The molecule has 0 aromatic carbocycles. The molecule has 1 unspecified atom stereocenters. The number of amides is 1. The van der Waals surface area contributed by atoms with Crippen LogP contribution in [0.5, 0.6) is 5.75 Å². The highest BCUT2D eigenvalue weighted by atomic mass is 32.2. The highest BCUT2D eigenvalue weighted by molar-refractivity contribution is 8.00. The number of β-lactam (4-membered cyclic amide) rings is 1. The average molecular weight is 783 g/mol. The van der Waals surface area contributed by atoms with Crippen molar-refractivity contribution in [1.29, 1.82) is 0 Å². The van der Waals surface area contributed by atoms with Crippen molar-refractivity contribution in [2.45, 2.75) is 50.6 Å². The van der Waals surface area contributed by atoms with E-state index in [1.807, 2.05) is 0 Å². The van der Waals surface area contributed by atoms with E-state index in [1.54, 1.807) is 22.9 Å². The Morgan fingerprint density at radius 3 is 2.67 bits per heavy atom. The number of ketones is 2. The molecule has 3 aromatic heterocycles. The fourth-order valence-corrected chi connectivity index (χ4v) is 7.23. The first-order chi connectivity index (χ1) is 25.6. The fraction of sp³-hybridized carbons (Fsp3) is 0.333. The summed E-state index contributed by atoms with van der Waals surface area (Å²) in [5.74, 6) is -5.09.